The van der Waals surface area contributed by atoms with Crippen LogP contribution in [0.2, 0.25) is 0 Å². The molecule has 0 saturated carbocycles. The van der Waals surface area contributed by atoms with E-state index in [9.17, 15) is 0 Å². The minimum Gasteiger partial charge on any atom is -0.384 e. The first kappa shape index (κ1) is 14.8. The zero-order chi connectivity index (χ0) is 13.4. The van der Waals surface area contributed by atoms with Gasteiger partial charge in [0.25, 0.3) is 0 Å². The Hall–Kier alpha value is -1.29. The van der Waals surface area contributed by atoms with Crippen LogP contribution in [0.15, 0.2) is 18.3 Å². The number of aromatic nitrogens is 1. The molecule has 4 heteroatoms. The highest BCUT2D eigenvalue weighted by molar-refractivity contribution is 5.51. The van der Waals surface area contributed by atoms with Crippen LogP contribution in [0.3, 0.4) is 0 Å². The second kappa shape index (κ2) is 7.93. The second-order valence-electron chi connectivity index (χ2n) is 4.86. The summed E-state index contributed by atoms with van der Waals surface area (Å²) in [7, 11) is 2.15. The Bertz CT molecular complexity index is 338. The van der Waals surface area contributed by atoms with Gasteiger partial charge in [-0.1, -0.05) is 6.92 Å². The van der Waals surface area contributed by atoms with Crippen LogP contribution < -0.4 is 10.6 Å². The lowest BCUT2D eigenvalue weighted by Crippen LogP contribution is -2.31. The van der Waals surface area contributed by atoms with Crippen molar-refractivity contribution in [2.24, 2.45) is 0 Å². The Balaban J connectivity index is 2.37. The van der Waals surface area contributed by atoms with Gasteiger partial charge in [0, 0.05) is 43.6 Å². The summed E-state index contributed by atoms with van der Waals surface area (Å²) in [5.74, 6) is 0.944. The van der Waals surface area contributed by atoms with Crippen molar-refractivity contribution in [3.8, 4) is 0 Å². The van der Waals surface area contributed by atoms with Crippen LogP contribution in [0.25, 0.3) is 0 Å². The molecule has 1 aromatic rings. The molecule has 0 fully saturated rings. The Morgan fingerprint density at radius 2 is 2.06 bits per heavy atom. The van der Waals surface area contributed by atoms with Gasteiger partial charge in [-0.3, -0.25) is 0 Å². The molecule has 0 aliphatic heterocycles. The molecule has 0 spiro atoms. The first-order chi connectivity index (χ1) is 8.63. The molecule has 1 heterocycles. The Kier molecular flexibility index (Phi) is 6.50. The van der Waals surface area contributed by atoms with Crippen LogP contribution in [0.4, 0.5) is 11.5 Å². The normalized spacial score (nSPS) is 11.0. The summed E-state index contributed by atoms with van der Waals surface area (Å²) in [5.41, 5.74) is 1.13. The molecule has 0 radical (unpaired) electrons. The lowest BCUT2D eigenvalue weighted by atomic mass is 10.3. The summed E-state index contributed by atoms with van der Waals surface area (Å²) >= 11 is 0. The van der Waals surface area contributed by atoms with Crippen molar-refractivity contribution in [2.45, 2.75) is 33.2 Å². The van der Waals surface area contributed by atoms with E-state index in [1.807, 2.05) is 12.3 Å². The van der Waals surface area contributed by atoms with Crippen LogP contribution in [0, 0.1) is 0 Å². The van der Waals surface area contributed by atoms with E-state index in [1.165, 1.54) is 0 Å². The molecule has 0 unspecified atom stereocenters. The van der Waals surface area contributed by atoms with Gasteiger partial charge in [-0.15, -0.1) is 0 Å². The van der Waals surface area contributed by atoms with E-state index in [1.54, 1.807) is 0 Å². The molecular weight excluding hydrogens is 224 g/mol. The molecule has 0 amide bonds. The van der Waals surface area contributed by atoms with Crippen molar-refractivity contribution >= 4 is 11.5 Å². The van der Waals surface area contributed by atoms with Crippen molar-refractivity contribution in [3.05, 3.63) is 18.3 Å². The van der Waals surface area contributed by atoms with E-state index >= 15 is 0 Å². The standard InChI is InChI=1S/C14H26N4/c1-5-7-16-14-11-13(6-8-17-14)15-9-10-18(4)12(2)3/h6,8,11-12H,5,7,9-10H2,1-4H3,(H2,15,16,17). The molecule has 1 rings (SSSR count). The maximum Gasteiger partial charge on any atom is 0.127 e. The monoisotopic (exact) mass is 250 g/mol. The smallest absolute Gasteiger partial charge is 0.127 e. The SMILES string of the molecule is CCCNc1cc(NCCN(C)C(C)C)ccn1. The molecule has 0 saturated heterocycles. The van der Waals surface area contributed by atoms with Crippen LogP contribution in [0.1, 0.15) is 27.2 Å². The predicted molar refractivity (Wildman–Crippen MR) is 79.3 cm³/mol. The first-order valence-corrected chi connectivity index (χ1v) is 6.77. The molecule has 0 atom stereocenters. The van der Waals surface area contributed by atoms with Crippen molar-refractivity contribution in [1.29, 1.82) is 0 Å². The average Bonchev–Trinajstić information content (AvgIpc) is 2.36. The van der Waals surface area contributed by atoms with Crippen molar-refractivity contribution in [2.75, 3.05) is 37.3 Å². The van der Waals surface area contributed by atoms with Gasteiger partial charge >= 0.3 is 0 Å². The molecule has 0 aliphatic carbocycles. The van der Waals surface area contributed by atoms with Gasteiger partial charge in [-0.25, -0.2) is 4.98 Å². The fraction of sp³-hybridized carbons (Fsp3) is 0.643. The Morgan fingerprint density at radius 1 is 1.28 bits per heavy atom. The van der Waals surface area contributed by atoms with Gasteiger partial charge in [0.1, 0.15) is 5.82 Å². The van der Waals surface area contributed by atoms with Crippen molar-refractivity contribution in [3.63, 3.8) is 0 Å². The van der Waals surface area contributed by atoms with E-state index in [-0.39, 0.29) is 0 Å². The minimum atomic E-state index is 0.589. The van der Waals surface area contributed by atoms with Gasteiger partial charge in [-0.05, 0) is 33.4 Å². The van der Waals surface area contributed by atoms with Crippen molar-refractivity contribution < 1.29 is 0 Å². The topological polar surface area (TPSA) is 40.2 Å². The number of hydrogen-bond donors (Lipinski definition) is 2. The molecule has 1 aromatic heterocycles. The summed E-state index contributed by atoms with van der Waals surface area (Å²) in [6.45, 7) is 9.52. The van der Waals surface area contributed by atoms with Gasteiger partial charge in [0.05, 0.1) is 0 Å². The van der Waals surface area contributed by atoms with Crippen LogP contribution >= 0.6 is 0 Å². The van der Waals surface area contributed by atoms with Crippen LogP contribution in [-0.2, 0) is 0 Å². The fourth-order valence-electron chi connectivity index (χ4n) is 1.53. The van der Waals surface area contributed by atoms with Gasteiger partial charge in [0.2, 0.25) is 0 Å². The average molecular weight is 250 g/mol. The summed E-state index contributed by atoms with van der Waals surface area (Å²) in [5, 5.41) is 6.72. The second-order valence-corrected chi connectivity index (χ2v) is 4.86. The van der Waals surface area contributed by atoms with E-state index in [4.69, 9.17) is 0 Å². The largest absolute Gasteiger partial charge is 0.384 e. The van der Waals surface area contributed by atoms with Gasteiger partial charge in [0.15, 0.2) is 0 Å². The number of likely N-dealkylation sites (N-methyl/N-ethyl adjacent to an activating group) is 1. The summed E-state index contributed by atoms with van der Waals surface area (Å²) in [6, 6.07) is 4.66. The molecular formula is C14H26N4. The molecule has 0 bridgehead atoms. The van der Waals surface area contributed by atoms with Gasteiger partial charge in [-0.2, -0.15) is 0 Å². The quantitative estimate of drug-likeness (QED) is 0.744. The van der Waals surface area contributed by atoms with E-state index in [2.05, 4.69) is 54.4 Å². The number of rotatable bonds is 8. The highest BCUT2D eigenvalue weighted by Crippen LogP contribution is 2.11. The third-order valence-corrected chi connectivity index (χ3v) is 2.99. The van der Waals surface area contributed by atoms with Crippen molar-refractivity contribution in [1.82, 2.24) is 9.88 Å². The summed E-state index contributed by atoms with van der Waals surface area (Å²) in [4.78, 5) is 6.61. The fourth-order valence-corrected chi connectivity index (χ4v) is 1.53. The Morgan fingerprint density at radius 3 is 2.72 bits per heavy atom. The van der Waals surface area contributed by atoms with Crippen LogP contribution in [-0.4, -0.2) is 42.6 Å². The third kappa shape index (κ3) is 5.36. The summed E-state index contributed by atoms with van der Waals surface area (Å²) < 4.78 is 0. The number of nitrogens with one attached hydrogen (secondary N) is 2. The number of anilines is 2. The molecule has 0 aromatic carbocycles. The predicted octanol–water partition coefficient (Wildman–Crippen LogP) is 2.66. The maximum atomic E-state index is 4.29. The van der Waals surface area contributed by atoms with E-state index in [0.717, 1.165) is 37.6 Å². The maximum absolute atomic E-state index is 4.29. The van der Waals surface area contributed by atoms with E-state index in [0.29, 0.717) is 6.04 Å². The minimum absolute atomic E-state index is 0.589. The first-order valence-electron chi connectivity index (χ1n) is 6.77. The lowest BCUT2D eigenvalue weighted by Gasteiger charge is -2.21. The molecule has 4 nitrogen and oxygen atoms in total. The molecule has 18 heavy (non-hydrogen) atoms. The zero-order valence-corrected chi connectivity index (χ0v) is 12.0. The molecule has 102 valence electrons. The highest BCUT2D eigenvalue weighted by Gasteiger charge is 2.02. The Labute approximate surface area is 111 Å². The van der Waals surface area contributed by atoms with Crippen LogP contribution in [0.5, 0.6) is 0 Å². The molecule has 0 aliphatic rings. The third-order valence-electron chi connectivity index (χ3n) is 2.99. The summed E-state index contributed by atoms with van der Waals surface area (Å²) in [6.07, 6.45) is 2.95. The number of hydrogen-bond acceptors (Lipinski definition) is 4. The number of pyridine rings is 1. The zero-order valence-electron chi connectivity index (χ0n) is 12.0. The highest BCUT2D eigenvalue weighted by atomic mass is 15.1. The van der Waals surface area contributed by atoms with Gasteiger partial charge < -0.3 is 15.5 Å². The lowest BCUT2D eigenvalue weighted by molar-refractivity contribution is 0.284. The molecule has 2 N–H and O–H groups in total. The van der Waals surface area contributed by atoms with E-state index < -0.39 is 0 Å². The number of nitrogens with zero attached hydrogens (tertiary/aromatic N) is 2.